The average Bonchev–Trinajstić information content (AvgIpc) is 2.70. The molecule has 0 heterocycles. The minimum absolute atomic E-state index is 0.0745. The van der Waals surface area contributed by atoms with Crippen molar-refractivity contribution in [2.75, 3.05) is 0 Å². The summed E-state index contributed by atoms with van der Waals surface area (Å²) < 4.78 is 55.0. The first-order valence-corrected chi connectivity index (χ1v) is 7.59. The van der Waals surface area contributed by atoms with Crippen LogP contribution in [0.1, 0.15) is 18.4 Å². The van der Waals surface area contributed by atoms with Gasteiger partial charge in [0.1, 0.15) is 0 Å². The van der Waals surface area contributed by atoms with E-state index in [9.17, 15) is 17.2 Å². The molecule has 3 rings (SSSR count). The molecule has 2 atom stereocenters. The summed E-state index contributed by atoms with van der Waals surface area (Å²) in [5.41, 5.74) is 0.945. The van der Waals surface area contributed by atoms with Crippen molar-refractivity contribution < 1.29 is 21.4 Å². The molecule has 0 radical (unpaired) electrons. The van der Waals surface area contributed by atoms with E-state index in [1.807, 2.05) is 6.92 Å². The molecule has 19 heavy (non-hydrogen) atoms. The van der Waals surface area contributed by atoms with E-state index in [4.69, 9.17) is 4.18 Å². The molecule has 0 saturated heterocycles. The van der Waals surface area contributed by atoms with E-state index in [1.54, 1.807) is 12.1 Å². The van der Waals surface area contributed by atoms with Crippen molar-refractivity contribution in [1.29, 1.82) is 0 Å². The molecule has 0 N–H and O–H groups in total. The van der Waals surface area contributed by atoms with E-state index >= 15 is 0 Å². The van der Waals surface area contributed by atoms with Gasteiger partial charge in [0.05, 0.1) is 11.0 Å². The molecule has 0 aliphatic heterocycles. The Kier molecular flexibility index (Phi) is 2.73. The Morgan fingerprint density at radius 2 is 1.68 bits per heavy atom. The standard InChI is InChI=1S/C13H14F2O3S/c1-8-2-4-10(5-3-8)19(16,17)18-9-6-11-12(7-9)13(11,14)15/h2-5,9,11-12H,6-7H2,1H3. The van der Waals surface area contributed by atoms with Crippen LogP contribution in [0.4, 0.5) is 8.78 Å². The van der Waals surface area contributed by atoms with Crippen LogP contribution in [0.25, 0.3) is 0 Å². The Morgan fingerprint density at radius 1 is 1.16 bits per heavy atom. The van der Waals surface area contributed by atoms with Crippen LogP contribution in [-0.2, 0) is 14.3 Å². The van der Waals surface area contributed by atoms with Gasteiger partial charge in [0.25, 0.3) is 16.0 Å². The van der Waals surface area contributed by atoms with Crippen LogP contribution in [-0.4, -0.2) is 20.4 Å². The average molecular weight is 288 g/mol. The predicted molar refractivity (Wildman–Crippen MR) is 64.4 cm³/mol. The molecule has 0 aromatic heterocycles. The molecule has 3 nitrogen and oxygen atoms in total. The van der Waals surface area contributed by atoms with Crippen LogP contribution >= 0.6 is 0 Å². The van der Waals surface area contributed by atoms with E-state index in [2.05, 4.69) is 0 Å². The third kappa shape index (κ3) is 2.17. The van der Waals surface area contributed by atoms with Gasteiger partial charge in [-0.3, -0.25) is 4.18 Å². The Labute approximate surface area is 110 Å². The van der Waals surface area contributed by atoms with E-state index in [-0.39, 0.29) is 17.7 Å². The third-order valence-electron chi connectivity index (χ3n) is 3.97. The molecule has 0 amide bonds. The fourth-order valence-corrected chi connectivity index (χ4v) is 3.88. The van der Waals surface area contributed by atoms with Gasteiger partial charge >= 0.3 is 0 Å². The molecule has 0 bridgehead atoms. The lowest BCUT2D eigenvalue weighted by atomic mass is 10.2. The SMILES string of the molecule is Cc1ccc(S(=O)(=O)OC2CC3C(C2)C3(F)F)cc1. The van der Waals surface area contributed by atoms with E-state index in [0.29, 0.717) is 0 Å². The maximum atomic E-state index is 13.0. The first kappa shape index (κ1) is 13.0. The van der Waals surface area contributed by atoms with Gasteiger partial charge < -0.3 is 0 Å². The number of hydrogen-bond acceptors (Lipinski definition) is 3. The third-order valence-corrected chi connectivity index (χ3v) is 5.35. The zero-order chi connectivity index (χ0) is 13.8. The second kappa shape index (κ2) is 3.99. The lowest BCUT2D eigenvalue weighted by Crippen LogP contribution is -2.20. The number of halogens is 2. The second-order valence-electron chi connectivity index (χ2n) is 5.34. The molecule has 2 unspecified atom stereocenters. The van der Waals surface area contributed by atoms with Gasteiger partial charge in [0, 0.05) is 11.8 Å². The van der Waals surface area contributed by atoms with Gasteiger partial charge in [-0.2, -0.15) is 8.42 Å². The number of alkyl halides is 2. The van der Waals surface area contributed by atoms with E-state index in [1.165, 1.54) is 12.1 Å². The summed E-state index contributed by atoms with van der Waals surface area (Å²) in [5, 5.41) is 0. The zero-order valence-corrected chi connectivity index (χ0v) is 11.2. The number of benzene rings is 1. The molecule has 0 spiro atoms. The summed E-state index contributed by atoms with van der Waals surface area (Å²) in [4.78, 5) is 0.0745. The van der Waals surface area contributed by atoms with Crippen LogP contribution < -0.4 is 0 Å². The molecule has 2 fully saturated rings. The molecular formula is C13H14F2O3S. The first-order valence-electron chi connectivity index (χ1n) is 6.18. The van der Waals surface area contributed by atoms with Gasteiger partial charge in [-0.1, -0.05) is 17.7 Å². The molecule has 2 aliphatic carbocycles. The lowest BCUT2D eigenvalue weighted by Gasteiger charge is -2.15. The fraction of sp³-hybridized carbons (Fsp3) is 0.538. The Morgan fingerprint density at radius 3 is 2.21 bits per heavy atom. The van der Waals surface area contributed by atoms with Crippen molar-refractivity contribution in [3.8, 4) is 0 Å². The van der Waals surface area contributed by atoms with Gasteiger partial charge in [0.15, 0.2) is 0 Å². The van der Waals surface area contributed by atoms with Gasteiger partial charge in [0.2, 0.25) is 0 Å². The Hall–Kier alpha value is -1.01. The number of hydrogen-bond donors (Lipinski definition) is 0. The topological polar surface area (TPSA) is 43.4 Å². The minimum Gasteiger partial charge on any atom is -0.263 e. The Bertz CT molecular complexity index is 581. The largest absolute Gasteiger partial charge is 0.297 e. The van der Waals surface area contributed by atoms with Gasteiger partial charge in [-0.25, -0.2) is 8.78 Å². The molecule has 1 aromatic rings. The summed E-state index contributed by atoms with van der Waals surface area (Å²) in [6.45, 7) is 1.85. The van der Waals surface area contributed by atoms with Gasteiger partial charge in [-0.05, 0) is 31.9 Å². The summed E-state index contributed by atoms with van der Waals surface area (Å²) in [6, 6.07) is 6.29. The van der Waals surface area contributed by atoms with Crippen LogP contribution in [0, 0.1) is 18.8 Å². The van der Waals surface area contributed by atoms with Crippen molar-refractivity contribution in [2.24, 2.45) is 11.8 Å². The van der Waals surface area contributed by atoms with Crippen LogP contribution in [0.15, 0.2) is 29.2 Å². The van der Waals surface area contributed by atoms with E-state index < -0.39 is 34.0 Å². The second-order valence-corrected chi connectivity index (χ2v) is 6.92. The monoisotopic (exact) mass is 288 g/mol. The lowest BCUT2D eigenvalue weighted by molar-refractivity contribution is 0.0482. The normalized spacial score (nSPS) is 32.1. The van der Waals surface area contributed by atoms with Crippen LogP contribution in [0.2, 0.25) is 0 Å². The minimum atomic E-state index is -3.85. The number of fused-ring (bicyclic) bond motifs is 1. The Balaban J connectivity index is 1.69. The van der Waals surface area contributed by atoms with Crippen LogP contribution in [0.3, 0.4) is 0 Å². The van der Waals surface area contributed by atoms with Crippen LogP contribution in [0.5, 0.6) is 0 Å². The predicted octanol–water partition coefficient (Wildman–Crippen LogP) is 2.74. The zero-order valence-electron chi connectivity index (χ0n) is 10.3. The summed E-state index contributed by atoms with van der Waals surface area (Å²) in [5.74, 6) is -3.98. The number of aryl methyl sites for hydroxylation is 1. The highest BCUT2D eigenvalue weighted by molar-refractivity contribution is 7.86. The number of rotatable bonds is 3. The highest BCUT2D eigenvalue weighted by atomic mass is 32.2. The molecule has 104 valence electrons. The molecule has 2 saturated carbocycles. The first-order chi connectivity index (χ1) is 8.80. The fourth-order valence-electron chi connectivity index (χ4n) is 2.78. The molecule has 6 heteroatoms. The summed E-state index contributed by atoms with van der Waals surface area (Å²) >= 11 is 0. The van der Waals surface area contributed by atoms with Crippen molar-refractivity contribution in [2.45, 2.75) is 36.7 Å². The smallest absolute Gasteiger partial charge is 0.263 e. The highest BCUT2D eigenvalue weighted by Crippen LogP contribution is 2.64. The van der Waals surface area contributed by atoms with Crippen molar-refractivity contribution in [3.63, 3.8) is 0 Å². The summed E-state index contributed by atoms with van der Waals surface area (Å²) in [6.07, 6.45) is -0.355. The van der Waals surface area contributed by atoms with Crippen molar-refractivity contribution >= 4 is 10.1 Å². The highest BCUT2D eigenvalue weighted by Gasteiger charge is 2.72. The molecule has 2 aliphatic rings. The maximum Gasteiger partial charge on any atom is 0.297 e. The molecule has 1 aromatic carbocycles. The van der Waals surface area contributed by atoms with E-state index in [0.717, 1.165) is 5.56 Å². The quantitative estimate of drug-likeness (QED) is 0.803. The van der Waals surface area contributed by atoms with Gasteiger partial charge in [-0.15, -0.1) is 0 Å². The molecular weight excluding hydrogens is 274 g/mol. The summed E-state index contributed by atoms with van der Waals surface area (Å²) in [7, 11) is -3.85. The van der Waals surface area contributed by atoms with Crippen molar-refractivity contribution in [3.05, 3.63) is 29.8 Å². The maximum absolute atomic E-state index is 13.0. The van der Waals surface area contributed by atoms with Crippen molar-refractivity contribution in [1.82, 2.24) is 0 Å².